The highest BCUT2D eigenvalue weighted by Crippen LogP contribution is 2.45. The number of β-lactam (4-membered cyclic amide) rings is 1. The van der Waals surface area contributed by atoms with Crippen LogP contribution >= 0.6 is 11.8 Å². The van der Waals surface area contributed by atoms with Gasteiger partial charge in [0.25, 0.3) is 0 Å². The molecular weight excluding hydrogens is 216 g/mol. The molecule has 0 aromatic rings. The number of hydrogen-bond acceptors (Lipinski definition) is 4. The van der Waals surface area contributed by atoms with Crippen LogP contribution in [0.3, 0.4) is 0 Å². The predicted molar refractivity (Wildman–Crippen MR) is 56.0 cm³/mol. The first-order valence-corrected chi connectivity index (χ1v) is 5.69. The number of likely N-dealkylation sites (N-methyl/N-ethyl adjacent to an activating group) is 1. The van der Waals surface area contributed by atoms with Crippen molar-refractivity contribution >= 4 is 23.6 Å². The second-order valence-corrected chi connectivity index (χ2v) is 4.67. The Kier molecular flexibility index (Phi) is 2.70. The van der Waals surface area contributed by atoms with Crippen LogP contribution in [0.1, 0.15) is 13.3 Å². The van der Waals surface area contributed by atoms with Gasteiger partial charge in [0, 0.05) is 11.4 Å². The molecule has 5 nitrogen and oxygen atoms in total. The number of fused-ring (bicyclic) bond motifs is 1. The number of carbonyl (C=O) groups is 2. The third-order valence-electron chi connectivity index (χ3n) is 2.43. The Morgan fingerprint density at radius 1 is 1.73 bits per heavy atom. The molecule has 1 atom stereocenters. The van der Waals surface area contributed by atoms with Gasteiger partial charge in [0.15, 0.2) is 0 Å². The molecule has 6 heteroatoms. The lowest BCUT2D eigenvalue weighted by Crippen LogP contribution is -2.48. The van der Waals surface area contributed by atoms with E-state index in [1.165, 1.54) is 16.7 Å². The molecule has 0 spiro atoms. The Morgan fingerprint density at radius 2 is 2.47 bits per heavy atom. The smallest absolute Gasteiger partial charge is 0.353 e. The third-order valence-corrected chi connectivity index (χ3v) is 3.70. The molecule has 0 aromatic carbocycles. The molecule has 2 rings (SSSR count). The van der Waals surface area contributed by atoms with Crippen LogP contribution in [0.2, 0.25) is 0 Å². The van der Waals surface area contributed by atoms with E-state index in [1.807, 2.05) is 6.92 Å². The maximum Gasteiger partial charge on any atom is 0.353 e. The average Bonchev–Trinajstić information content (AvgIpc) is 2.47. The summed E-state index contributed by atoms with van der Waals surface area (Å²) in [6, 6.07) is 0. The predicted octanol–water partition coefficient (Wildman–Crippen LogP) is 0.197. The zero-order valence-corrected chi connectivity index (χ0v) is 9.13. The van der Waals surface area contributed by atoms with Crippen LogP contribution in [-0.2, 0) is 9.59 Å². The van der Waals surface area contributed by atoms with E-state index in [4.69, 9.17) is 5.11 Å². The molecule has 0 aromatic heterocycles. The summed E-state index contributed by atoms with van der Waals surface area (Å²) in [5.74, 6) is -1.10. The first kappa shape index (κ1) is 10.5. The Labute approximate surface area is 91.5 Å². The summed E-state index contributed by atoms with van der Waals surface area (Å²) in [6.45, 7) is 3.28. The Morgan fingerprint density at radius 3 is 3.00 bits per heavy atom. The number of carboxylic acid groups (broad SMARTS) is 1. The van der Waals surface area contributed by atoms with E-state index >= 15 is 0 Å². The van der Waals surface area contributed by atoms with Gasteiger partial charge >= 0.3 is 5.97 Å². The second kappa shape index (κ2) is 3.86. The summed E-state index contributed by atoms with van der Waals surface area (Å²) < 4.78 is 0. The van der Waals surface area contributed by atoms with Crippen LogP contribution < -0.4 is 5.32 Å². The normalized spacial score (nSPS) is 24.2. The van der Waals surface area contributed by atoms with Crippen LogP contribution in [-0.4, -0.2) is 40.3 Å². The van der Waals surface area contributed by atoms with Gasteiger partial charge in [-0.25, -0.2) is 4.79 Å². The van der Waals surface area contributed by atoms with Gasteiger partial charge in [-0.15, -0.1) is 11.8 Å². The lowest BCUT2D eigenvalue weighted by Gasteiger charge is -2.33. The van der Waals surface area contributed by atoms with Gasteiger partial charge < -0.3 is 10.4 Å². The molecule has 82 valence electrons. The van der Waals surface area contributed by atoms with Crippen molar-refractivity contribution in [1.82, 2.24) is 10.2 Å². The quantitative estimate of drug-likeness (QED) is 0.673. The average molecular weight is 228 g/mol. The molecule has 2 heterocycles. The van der Waals surface area contributed by atoms with E-state index in [0.29, 0.717) is 13.0 Å². The number of nitrogens with one attached hydrogen (secondary N) is 1. The Balaban J connectivity index is 2.19. The van der Waals surface area contributed by atoms with E-state index in [9.17, 15) is 9.59 Å². The van der Waals surface area contributed by atoms with Crippen LogP contribution in [0, 0.1) is 0 Å². The first-order valence-electron chi connectivity index (χ1n) is 4.81. The van der Waals surface area contributed by atoms with Crippen molar-refractivity contribution in [3.05, 3.63) is 10.6 Å². The van der Waals surface area contributed by atoms with Crippen LogP contribution in [0.5, 0.6) is 0 Å². The lowest BCUT2D eigenvalue weighted by atomic mass is 10.1. The summed E-state index contributed by atoms with van der Waals surface area (Å²) in [4.78, 5) is 24.4. The van der Waals surface area contributed by atoms with Crippen molar-refractivity contribution < 1.29 is 14.7 Å². The first-order chi connectivity index (χ1) is 7.15. The number of carboxylic acids is 1. The van der Waals surface area contributed by atoms with E-state index in [-0.39, 0.29) is 17.0 Å². The maximum atomic E-state index is 11.2. The van der Waals surface area contributed by atoms with Crippen molar-refractivity contribution in [2.75, 3.05) is 13.1 Å². The van der Waals surface area contributed by atoms with Crippen molar-refractivity contribution in [2.45, 2.75) is 18.7 Å². The molecule has 15 heavy (non-hydrogen) atoms. The molecular formula is C9H12N2O3S. The Hall–Kier alpha value is -1.01. The van der Waals surface area contributed by atoms with Crippen LogP contribution in [0.25, 0.3) is 0 Å². The van der Waals surface area contributed by atoms with Gasteiger partial charge in [-0.05, 0) is 6.54 Å². The number of aliphatic carboxylic acids is 1. The molecule has 0 bridgehead atoms. The number of amides is 1. The molecule has 2 aliphatic heterocycles. The van der Waals surface area contributed by atoms with Crippen LogP contribution in [0.4, 0.5) is 0 Å². The van der Waals surface area contributed by atoms with Crippen LogP contribution in [0.15, 0.2) is 10.6 Å². The minimum absolute atomic E-state index is 0.0252. The molecule has 1 fully saturated rings. The zero-order valence-electron chi connectivity index (χ0n) is 8.32. The fraction of sp³-hybridized carbons (Fsp3) is 0.556. The monoisotopic (exact) mass is 228 g/mol. The summed E-state index contributed by atoms with van der Waals surface area (Å²) in [7, 11) is 0. The number of nitrogens with zero attached hydrogens (tertiary/aromatic N) is 1. The molecule has 2 aliphatic rings. The van der Waals surface area contributed by atoms with Gasteiger partial charge in [-0.3, -0.25) is 9.69 Å². The summed E-state index contributed by atoms with van der Waals surface area (Å²) in [6.07, 6.45) is 0.455. The largest absolute Gasteiger partial charge is 0.477 e. The SMILES string of the molecule is CCNCC1=C(C(=O)O)N2C(=O)C[C@H]2S1. The highest BCUT2D eigenvalue weighted by Gasteiger charge is 2.47. The molecule has 1 amide bonds. The zero-order chi connectivity index (χ0) is 11.0. The maximum absolute atomic E-state index is 11.2. The third kappa shape index (κ3) is 1.63. The lowest BCUT2D eigenvalue weighted by molar-refractivity contribution is -0.145. The fourth-order valence-corrected chi connectivity index (χ4v) is 3.06. The minimum Gasteiger partial charge on any atom is -0.477 e. The van der Waals surface area contributed by atoms with E-state index in [1.54, 1.807) is 0 Å². The number of thioether (sulfide) groups is 1. The van der Waals surface area contributed by atoms with E-state index in [2.05, 4.69) is 5.32 Å². The van der Waals surface area contributed by atoms with Crippen molar-refractivity contribution in [3.63, 3.8) is 0 Å². The second-order valence-electron chi connectivity index (χ2n) is 3.40. The van der Waals surface area contributed by atoms with Gasteiger partial charge in [0.2, 0.25) is 5.91 Å². The van der Waals surface area contributed by atoms with Gasteiger partial charge in [0.05, 0.1) is 11.8 Å². The highest BCUT2D eigenvalue weighted by atomic mass is 32.2. The minimum atomic E-state index is -1.01. The summed E-state index contributed by atoms with van der Waals surface area (Å²) >= 11 is 1.48. The number of rotatable bonds is 4. The standard InChI is InChI=1S/C9H12N2O3S/c1-2-10-4-5-8(9(13)14)11-6(12)3-7(11)15-5/h7,10H,2-4H2,1H3,(H,13,14)/t7-/m1/s1. The van der Waals surface area contributed by atoms with Crippen molar-refractivity contribution in [2.24, 2.45) is 0 Å². The van der Waals surface area contributed by atoms with Gasteiger partial charge in [0.1, 0.15) is 5.70 Å². The molecule has 1 saturated heterocycles. The fourth-order valence-electron chi connectivity index (χ4n) is 1.69. The molecule has 0 saturated carbocycles. The van der Waals surface area contributed by atoms with Crippen molar-refractivity contribution in [1.29, 1.82) is 0 Å². The highest BCUT2D eigenvalue weighted by molar-refractivity contribution is 8.04. The van der Waals surface area contributed by atoms with E-state index < -0.39 is 5.97 Å². The Bertz CT molecular complexity index is 353. The van der Waals surface area contributed by atoms with E-state index in [0.717, 1.165) is 11.4 Å². The number of carbonyl (C=O) groups excluding carboxylic acids is 1. The summed E-state index contributed by atoms with van der Waals surface area (Å²) in [5.41, 5.74) is 0.169. The molecule has 0 radical (unpaired) electrons. The topological polar surface area (TPSA) is 69.6 Å². The van der Waals surface area contributed by atoms with Gasteiger partial charge in [-0.2, -0.15) is 0 Å². The van der Waals surface area contributed by atoms with Gasteiger partial charge in [-0.1, -0.05) is 6.92 Å². The molecule has 0 aliphatic carbocycles. The number of hydrogen-bond donors (Lipinski definition) is 2. The van der Waals surface area contributed by atoms with Crippen molar-refractivity contribution in [3.8, 4) is 0 Å². The molecule has 0 unspecified atom stereocenters. The molecule has 2 N–H and O–H groups in total. The summed E-state index contributed by atoms with van der Waals surface area (Å²) in [5, 5.41) is 12.1.